The first-order valence-electron chi connectivity index (χ1n) is 9.75. The number of hydrogen-bond donors (Lipinski definition) is 1. The predicted molar refractivity (Wildman–Crippen MR) is 115 cm³/mol. The minimum atomic E-state index is -4.39. The number of ether oxygens (including phenoxy) is 1. The molecule has 0 atom stereocenters. The quantitative estimate of drug-likeness (QED) is 0.591. The maximum atomic E-state index is 12.2. The Morgan fingerprint density at radius 2 is 1.74 bits per heavy atom. The van der Waals surface area contributed by atoms with Crippen LogP contribution < -0.4 is 10.1 Å². The standard InChI is InChI=1S/C22H23Cl2F3N2O2/c1-13-5-16(8-29-9-17(10-29)21(30)28-12-22(25,26)27)6-14(2)20(13)31-11-15-3-4-18(23)19(24)7-15/h3-7,17H,8-12H2,1-2H3,(H,28,30). The average Bonchev–Trinajstić information content (AvgIpc) is 2.64. The Balaban J connectivity index is 1.52. The van der Waals surface area contributed by atoms with Crippen LogP contribution in [0.5, 0.6) is 5.75 Å². The molecule has 1 N–H and O–H groups in total. The van der Waals surface area contributed by atoms with E-state index < -0.39 is 24.5 Å². The van der Waals surface area contributed by atoms with Crippen LogP contribution in [0.3, 0.4) is 0 Å². The second kappa shape index (κ2) is 9.67. The van der Waals surface area contributed by atoms with Crippen molar-refractivity contribution in [3.63, 3.8) is 0 Å². The van der Waals surface area contributed by atoms with Crippen molar-refractivity contribution < 1.29 is 22.7 Å². The number of nitrogens with one attached hydrogen (secondary N) is 1. The van der Waals surface area contributed by atoms with E-state index in [1.54, 1.807) is 12.1 Å². The maximum absolute atomic E-state index is 12.2. The van der Waals surface area contributed by atoms with E-state index in [0.29, 0.717) is 36.3 Å². The molecule has 1 fully saturated rings. The van der Waals surface area contributed by atoms with Gasteiger partial charge in [-0.25, -0.2) is 0 Å². The van der Waals surface area contributed by atoms with E-state index in [1.807, 2.05) is 42.3 Å². The van der Waals surface area contributed by atoms with Crippen LogP contribution in [0, 0.1) is 19.8 Å². The summed E-state index contributed by atoms with van der Waals surface area (Å²) < 4.78 is 42.6. The van der Waals surface area contributed by atoms with Crippen molar-refractivity contribution in [3.8, 4) is 5.75 Å². The van der Waals surface area contributed by atoms with Gasteiger partial charge in [-0.05, 0) is 48.2 Å². The first-order chi connectivity index (χ1) is 14.5. The molecule has 2 aromatic rings. The summed E-state index contributed by atoms with van der Waals surface area (Å²) in [7, 11) is 0. The fourth-order valence-corrected chi connectivity index (χ4v) is 3.92. The summed E-state index contributed by atoms with van der Waals surface area (Å²) >= 11 is 12.0. The highest BCUT2D eigenvalue weighted by atomic mass is 35.5. The number of rotatable bonds is 7. The number of carbonyl (C=O) groups excluding carboxylic acids is 1. The Kier molecular flexibility index (Phi) is 7.39. The van der Waals surface area contributed by atoms with Crippen molar-refractivity contribution in [2.24, 2.45) is 5.92 Å². The van der Waals surface area contributed by atoms with Gasteiger partial charge in [-0.15, -0.1) is 0 Å². The second-order valence-corrected chi connectivity index (χ2v) is 8.63. The monoisotopic (exact) mass is 474 g/mol. The molecule has 2 aromatic carbocycles. The zero-order valence-corrected chi connectivity index (χ0v) is 18.7. The summed E-state index contributed by atoms with van der Waals surface area (Å²) in [6, 6.07) is 9.41. The molecule has 1 aliphatic rings. The van der Waals surface area contributed by atoms with Gasteiger partial charge in [-0.2, -0.15) is 13.2 Å². The fourth-order valence-electron chi connectivity index (χ4n) is 3.60. The van der Waals surface area contributed by atoms with Crippen molar-refractivity contribution in [1.82, 2.24) is 10.2 Å². The summed E-state index contributed by atoms with van der Waals surface area (Å²) in [5, 5.41) is 2.92. The minimum absolute atomic E-state index is 0.360. The van der Waals surface area contributed by atoms with E-state index in [1.165, 1.54) is 0 Å². The predicted octanol–water partition coefficient (Wildman–Crippen LogP) is 5.30. The van der Waals surface area contributed by atoms with Gasteiger partial charge in [-0.3, -0.25) is 9.69 Å². The van der Waals surface area contributed by atoms with Crippen LogP contribution >= 0.6 is 23.2 Å². The van der Waals surface area contributed by atoms with Gasteiger partial charge < -0.3 is 10.1 Å². The molecule has 0 radical (unpaired) electrons. The van der Waals surface area contributed by atoms with Gasteiger partial charge in [-0.1, -0.05) is 41.4 Å². The lowest BCUT2D eigenvalue weighted by Gasteiger charge is -2.38. The number of benzene rings is 2. The van der Waals surface area contributed by atoms with Crippen LogP contribution in [0.2, 0.25) is 10.0 Å². The number of aryl methyl sites for hydroxylation is 2. The molecule has 1 aliphatic heterocycles. The molecule has 0 unspecified atom stereocenters. The Labute approximate surface area is 189 Å². The molecule has 168 valence electrons. The van der Waals surface area contributed by atoms with Crippen LogP contribution in [0.1, 0.15) is 22.3 Å². The zero-order chi connectivity index (χ0) is 22.8. The molecule has 4 nitrogen and oxygen atoms in total. The number of amides is 1. The van der Waals surface area contributed by atoms with E-state index >= 15 is 0 Å². The van der Waals surface area contributed by atoms with E-state index in [9.17, 15) is 18.0 Å². The largest absolute Gasteiger partial charge is 0.488 e. The third-order valence-corrected chi connectivity index (χ3v) is 5.82. The smallest absolute Gasteiger partial charge is 0.405 e. The molecule has 0 saturated carbocycles. The normalized spacial score (nSPS) is 14.9. The number of carbonyl (C=O) groups is 1. The van der Waals surface area contributed by atoms with Gasteiger partial charge in [0, 0.05) is 19.6 Å². The lowest BCUT2D eigenvalue weighted by atomic mass is 9.97. The molecule has 1 saturated heterocycles. The van der Waals surface area contributed by atoms with Crippen molar-refractivity contribution in [2.45, 2.75) is 33.2 Å². The van der Waals surface area contributed by atoms with E-state index in [-0.39, 0.29) is 0 Å². The molecule has 3 rings (SSSR count). The lowest BCUT2D eigenvalue weighted by molar-refractivity contribution is -0.144. The van der Waals surface area contributed by atoms with Crippen molar-refractivity contribution in [3.05, 3.63) is 62.6 Å². The molecule has 1 amide bonds. The highest BCUT2D eigenvalue weighted by Crippen LogP contribution is 2.29. The average molecular weight is 475 g/mol. The van der Waals surface area contributed by atoms with Gasteiger partial charge in [0.2, 0.25) is 5.91 Å². The SMILES string of the molecule is Cc1cc(CN2CC(C(=O)NCC(F)(F)F)C2)cc(C)c1OCc1ccc(Cl)c(Cl)c1. The second-order valence-electron chi connectivity index (χ2n) is 7.82. The van der Waals surface area contributed by atoms with Crippen LogP contribution in [-0.2, 0) is 17.9 Å². The van der Waals surface area contributed by atoms with Gasteiger partial charge >= 0.3 is 6.18 Å². The zero-order valence-electron chi connectivity index (χ0n) is 17.2. The van der Waals surface area contributed by atoms with Crippen LogP contribution in [0.25, 0.3) is 0 Å². The summed E-state index contributed by atoms with van der Waals surface area (Å²) in [5.41, 5.74) is 3.93. The van der Waals surface area contributed by atoms with Gasteiger partial charge in [0.15, 0.2) is 0 Å². The first kappa shape index (κ1) is 23.7. The number of hydrogen-bond acceptors (Lipinski definition) is 3. The summed E-state index contributed by atoms with van der Waals surface area (Å²) in [6.07, 6.45) is -4.39. The number of alkyl halides is 3. The number of likely N-dealkylation sites (tertiary alicyclic amines) is 1. The minimum Gasteiger partial charge on any atom is -0.488 e. The van der Waals surface area contributed by atoms with Crippen molar-refractivity contribution in [2.75, 3.05) is 19.6 Å². The lowest BCUT2D eigenvalue weighted by Crippen LogP contribution is -2.54. The molecule has 9 heteroatoms. The summed E-state index contributed by atoms with van der Waals surface area (Å²) in [6.45, 7) is 4.50. The first-order valence-corrected chi connectivity index (χ1v) is 10.5. The third-order valence-electron chi connectivity index (χ3n) is 5.08. The Bertz CT molecular complexity index is 937. The maximum Gasteiger partial charge on any atom is 0.405 e. The third kappa shape index (κ3) is 6.51. The molecular weight excluding hydrogens is 452 g/mol. The molecule has 1 heterocycles. The highest BCUT2D eigenvalue weighted by molar-refractivity contribution is 6.42. The Morgan fingerprint density at radius 3 is 2.32 bits per heavy atom. The summed E-state index contributed by atoms with van der Waals surface area (Å²) in [5.74, 6) is -0.159. The molecule has 0 aromatic heterocycles. The fraction of sp³-hybridized carbons (Fsp3) is 0.409. The van der Waals surface area contributed by atoms with E-state index in [4.69, 9.17) is 27.9 Å². The molecule has 0 aliphatic carbocycles. The van der Waals surface area contributed by atoms with Crippen LogP contribution in [-0.4, -0.2) is 36.6 Å². The van der Waals surface area contributed by atoms with Gasteiger partial charge in [0.05, 0.1) is 16.0 Å². The molecule has 0 bridgehead atoms. The Hall–Kier alpha value is -1.96. The number of nitrogens with zero attached hydrogens (tertiary/aromatic N) is 1. The molecule has 0 spiro atoms. The molecule has 31 heavy (non-hydrogen) atoms. The summed E-state index contributed by atoms with van der Waals surface area (Å²) in [4.78, 5) is 13.8. The number of halogens is 5. The highest BCUT2D eigenvalue weighted by Gasteiger charge is 2.35. The van der Waals surface area contributed by atoms with E-state index in [0.717, 1.165) is 28.0 Å². The van der Waals surface area contributed by atoms with Crippen molar-refractivity contribution >= 4 is 29.1 Å². The topological polar surface area (TPSA) is 41.6 Å². The van der Waals surface area contributed by atoms with Gasteiger partial charge in [0.1, 0.15) is 18.9 Å². The van der Waals surface area contributed by atoms with Gasteiger partial charge in [0.25, 0.3) is 0 Å². The van der Waals surface area contributed by atoms with Crippen molar-refractivity contribution in [1.29, 1.82) is 0 Å². The van der Waals surface area contributed by atoms with E-state index in [2.05, 4.69) is 0 Å². The van der Waals surface area contributed by atoms with Crippen LogP contribution in [0.4, 0.5) is 13.2 Å². The molecular formula is C22H23Cl2F3N2O2. The Morgan fingerprint density at radius 1 is 1.10 bits per heavy atom. The van der Waals surface area contributed by atoms with Crippen LogP contribution in [0.15, 0.2) is 30.3 Å².